The Morgan fingerprint density at radius 2 is 2.00 bits per heavy atom. The number of carbonyl (C=O) groups excluding carboxylic acids is 1. The number of rotatable bonds is 3. The van der Waals surface area contributed by atoms with Crippen molar-refractivity contribution in [1.29, 1.82) is 0 Å². The van der Waals surface area contributed by atoms with E-state index in [2.05, 4.69) is 0 Å². The molecule has 1 heterocycles. The van der Waals surface area contributed by atoms with E-state index in [1.54, 1.807) is 30.3 Å². The van der Waals surface area contributed by atoms with Gasteiger partial charge in [0, 0.05) is 19.0 Å². The highest BCUT2D eigenvalue weighted by Crippen LogP contribution is 2.27. The third-order valence-electron chi connectivity index (χ3n) is 4.15. The Morgan fingerprint density at radius 3 is 2.73 bits per heavy atom. The van der Waals surface area contributed by atoms with Gasteiger partial charge in [-0.3, -0.25) is 4.79 Å². The predicted molar refractivity (Wildman–Crippen MR) is 82.1 cm³/mol. The molecule has 0 radical (unpaired) electrons. The summed E-state index contributed by atoms with van der Waals surface area (Å²) in [5.41, 5.74) is 1.89. The van der Waals surface area contributed by atoms with Crippen molar-refractivity contribution < 1.29 is 14.3 Å². The molecule has 0 spiro atoms. The zero-order valence-corrected chi connectivity index (χ0v) is 12.2. The molecule has 114 valence electrons. The van der Waals surface area contributed by atoms with Gasteiger partial charge in [0.15, 0.2) is 0 Å². The van der Waals surface area contributed by atoms with Gasteiger partial charge in [-0.2, -0.15) is 0 Å². The Balaban J connectivity index is 1.62. The van der Waals surface area contributed by atoms with Crippen LogP contribution in [0.15, 0.2) is 48.5 Å². The van der Waals surface area contributed by atoms with Crippen LogP contribution in [0.3, 0.4) is 0 Å². The molecule has 1 aliphatic rings. The summed E-state index contributed by atoms with van der Waals surface area (Å²) in [7, 11) is 0. The third kappa shape index (κ3) is 3.27. The van der Waals surface area contributed by atoms with Crippen molar-refractivity contribution in [3.63, 3.8) is 0 Å². The molecule has 1 fully saturated rings. The van der Waals surface area contributed by atoms with E-state index >= 15 is 0 Å². The van der Waals surface area contributed by atoms with Gasteiger partial charge in [0.05, 0.1) is 6.42 Å². The molecule has 0 unspecified atom stereocenters. The van der Waals surface area contributed by atoms with Gasteiger partial charge in [-0.05, 0) is 41.8 Å². The largest absolute Gasteiger partial charge is 0.508 e. The number of phenols is 1. The van der Waals surface area contributed by atoms with Crippen LogP contribution >= 0.6 is 0 Å². The van der Waals surface area contributed by atoms with Crippen molar-refractivity contribution in [3.05, 3.63) is 65.5 Å². The first-order valence-corrected chi connectivity index (χ1v) is 7.43. The summed E-state index contributed by atoms with van der Waals surface area (Å²) in [5, 5.41) is 9.45. The lowest BCUT2D eigenvalue weighted by atomic mass is 9.99. The Labute approximate surface area is 129 Å². The van der Waals surface area contributed by atoms with E-state index in [4.69, 9.17) is 0 Å². The zero-order chi connectivity index (χ0) is 15.5. The Morgan fingerprint density at radius 1 is 1.23 bits per heavy atom. The number of aromatic hydroxyl groups is 1. The first-order valence-electron chi connectivity index (χ1n) is 7.43. The van der Waals surface area contributed by atoms with Crippen LogP contribution in [0.4, 0.5) is 4.39 Å². The van der Waals surface area contributed by atoms with E-state index in [1.165, 1.54) is 12.1 Å². The molecule has 1 N–H and O–H groups in total. The molecular weight excluding hydrogens is 281 g/mol. The molecule has 3 rings (SSSR count). The van der Waals surface area contributed by atoms with E-state index in [0.717, 1.165) is 24.1 Å². The minimum Gasteiger partial charge on any atom is -0.508 e. The van der Waals surface area contributed by atoms with Crippen molar-refractivity contribution >= 4 is 5.91 Å². The smallest absolute Gasteiger partial charge is 0.227 e. The van der Waals surface area contributed by atoms with Crippen LogP contribution in [0.1, 0.15) is 23.5 Å². The molecule has 1 saturated heterocycles. The Bertz CT molecular complexity index is 669. The van der Waals surface area contributed by atoms with Crippen LogP contribution in [0.5, 0.6) is 5.75 Å². The number of carbonyl (C=O) groups is 1. The molecule has 0 saturated carbocycles. The molecule has 3 nitrogen and oxygen atoms in total. The second-order valence-electron chi connectivity index (χ2n) is 5.72. The molecule has 2 aromatic carbocycles. The lowest BCUT2D eigenvalue weighted by molar-refractivity contribution is -0.129. The van der Waals surface area contributed by atoms with Gasteiger partial charge >= 0.3 is 0 Å². The quantitative estimate of drug-likeness (QED) is 0.946. The van der Waals surface area contributed by atoms with Gasteiger partial charge in [-0.1, -0.05) is 24.3 Å². The minimum atomic E-state index is -0.237. The summed E-state index contributed by atoms with van der Waals surface area (Å²) < 4.78 is 13.0. The maximum atomic E-state index is 13.0. The molecule has 1 aliphatic heterocycles. The van der Waals surface area contributed by atoms with Gasteiger partial charge in [-0.15, -0.1) is 0 Å². The summed E-state index contributed by atoms with van der Waals surface area (Å²) in [6.07, 6.45) is 1.20. The minimum absolute atomic E-state index is 0.0650. The highest BCUT2D eigenvalue weighted by Gasteiger charge is 2.27. The standard InChI is InChI=1S/C18H18FNO2/c19-16-6-4-14(5-7-16)15-8-9-20(12-15)18(22)11-13-2-1-3-17(21)10-13/h1-7,10,15,21H,8-9,11-12H2/t15-/m1/s1. The Kier molecular flexibility index (Phi) is 4.09. The van der Waals surface area contributed by atoms with Crippen molar-refractivity contribution in [2.75, 3.05) is 13.1 Å². The average Bonchev–Trinajstić information content (AvgIpc) is 2.98. The summed E-state index contributed by atoms with van der Waals surface area (Å²) >= 11 is 0. The number of likely N-dealkylation sites (tertiary alicyclic amines) is 1. The topological polar surface area (TPSA) is 40.5 Å². The van der Waals surface area contributed by atoms with Gasteiger partial charge in [0.2, 0.25) is 5.91 Å². The summed E-state index contributed by atoms with van der Waals surface area (Å²) in [5.74, 6) is 0.276. The second kappa shape index (κ2) is 6.18. The highest BCUT2D eigenvalue weighted by atomic mass is 19.1. The number of benzene rings is 2. The monoisotopic (exact) mass is 299 g/mol. The molecule has 0 aliphatic carbocycles. The normalized spacial score (nSPS) is 17.7. The molecular formula is C18H18FNO2. The van der Waals surface area contributed by atoms with Crippen LogP contribution in [-0.4, -0.2) is 29.0 Å². The van der Waals surface area contributed by atoms with Gasteiger partial charge in [0.25, 0.3) is 0 Å². The molecule has 0 bridgehead atoms. The van der Waals surface area contributed by atoms with E-state index in [0.29, 0.717) is 13.0 Å². The first-order chi connectivity index (χ1) is 10.6. The van der Waals surface area contributed by atoms with Gasteiger partial charge in [0.1, 0.15) is 11.6 Å². The number of amides is 1. The van der Waals surface area contributed by atoms with Crippen LogP contribution in [-0.2, 0) is 11.2 Å². The van der Waals surface area contributed by atoms with Crippen LogP contribution in [0, 0.1) is 5.82 Å². The molecule has 0 aromatic heterocycles. The van der Waals surface area contributed by atoms with E-state index < -0.39 is 0 Å². The highest BCUT2D eigenvalue weighted by molar-refractivity contribution is 5.79. The first kappa shape index (κ1) is 14.6. The summed E-state index contributed by atoms with van der Waals surface area (Å²) in [6.45, 7) is 1.39. The van der Waals surface area contributed by atoms with Gasteiger partial charge in [-0.25, -0.2) is 4.39 Å². The number of hydrogen-bond acceptors (Lipinski definition) is 2. The van der Waals surface area contributed by atoms with Gasteiger partial charge < -0.3 is 10.0 Å². The molecule has 1 atom stereocenters. The fraction of sp³-hybridized carbons (Fsp3) is 0.278. The van der Waals surface area contributed by atoms with Crippen molar-refractivity contribution in [2.24, 2.45) is 0 Å². The number of phenolic OH excluding ortho intramolecular Hbond substituents is 1. The number of hydrogen-bond donors (Lipinski definition) is 1. The zero-order valence-electron chi connectivity index (χ0n) is 12.2. The third-order valence-corrected chi connectivity index (χ3v) is 4.15. The van der Waals surface area contributed by atoms with Crippen LogP contribution in [0.2, 0.25) is 0 Å². The van der Waals surface area contributed by atoms with E-state index in [1.807, 2.05) is 11.0 Å². The maximum absolute atomic E-state index is 13.0. The summed E-state index contributed by atoms with van der Waals surface area (Å²) in [4.78, 5) is 14.2. The molecule has 4 heteroatoms. The van der Waals surface area contributed by atoms with Crippen molar-refractivity contribution in [2.45, 2.75) is 18.8 Å². The average molecular weight is 299 g/mol. The van der Waals surface area contributed by atoms with Crippen molar-refractivity contribution in [3.8, 4) is 5.75 Å². The van der Waals surface area contributed by atoms with Crippen LogP contribution in [0.25, 0.3) is 0 Å². The maximum Gasteiger partial charge on any atom is 0.227 e. The fourth-order valence-corrected chi connectivity index (χ4v) is 2.95. The predicted octanol–water partition coefficient (Wildman–Crippen LogP) is 3.09. The number of nitrogens with zero attached hydrogens (tertiary/aromatic N) is 1. The second-order valence-corrected chi connectivity index (χ2v) is 5.72. The number of halogens is 1. The lowest BCUT2D eigenvalue weighted by Crippen LogP contribution is -2.29. The SMILES string of the molecule is O=C(Cc1cccc(O)c1)N1CC[C@@H](c2ccc(F)cc2)C1. The molecule has 1 amide bonds. The van der Waals surface area contributed by atoms with Crippen molar-refractivity contribution in [1.82, 2.24) is 4.90 Å². The lowest BCUT2D eigenvalue weighted by Gasteiger charge is -2.17. The van der Waals surface area contributed by atoms with Crippen LogP contribution < -0.4 is 0 Å². The summed E-state index contributed by atoms with van der Waals surface area (Å²) in [6, 6.07) is 13.3. The fourth-order valence-electron chi connectivity index (χ4n) is 2.95. The van der Waals surface area contributed by atoms with E-state index in [9.17, 15) is 14.3 Å². The molecule has 22 heavy (non-hydrogen) atoms. The Hall–Kier alpha value is -2.36. The van der Waals surface area contributed by atoms with E-state index in [-0.39, 0.29) is 23.4 Å². The molecule has 2 aromatic rings.